The van der Waals surface area contributed by atoms with Gasteiger partial charge in [-0.2, -0.15) is 5.10 Å². The Bertz CT molecular complexity index is 1690. The third-order valence-corrected chi connectivity index (χ3v) is 8.39. The Morgan fingerprint density at radius 1 is 0.884 bits per heavy atom. The fraction of sp³-hybridized carbons (Fsp3) is 0.333. The molecule has 1 aromatic heterocycles. The number of carboxylic acid groups (broad SMARTS) is 1. The number of hydrogen-bond acceptors (Lipinski definition) is 5. The van der Waals surface area contributed by atoms with Crippen molar-refractivity contribution in [2.45, 2.75) is 51.5 Å². The molecule has 1 aliphatic heterocycles. The highest BCUT2D eigenvalue weighted by atomic mass is 19.1. The number of benzene rings is 3. The summed E-state index contributed by atoms with van der Waals surface area (Å²) in [6.45, 7) is 2.44. The van der Waals surface area contributed by atoms with Crippen LogP contribution in [0.2, 0.25) is 0 Å². The number of aromatic nitrogens is 2. The molecule has 0 unspecified atom stereocenters. The van der Waals surface area contributed by atoms with Gasteiger partial charge in [0.1, 0.15) is 5.82 Å². The topological polar surface area (TPSA) is 117 Å². The van der Waals surface area contributed by atoms with Gasteiger partial charge >= 0.3 is 5.97 Å². The summed E-state index contributed by atoms with van der Waals surface area (Å²) in [5.74, 6) is -2.03. The number of nitrogens with one attached hydrogen (secondary N) is 2. The minimum atomic E-state index is -1.14. The summed E-state index contributed by atoms with van der Waals surface area (Å²) in [5.41, 5.74) is 3.19. The standard InChI is InChI=1S/C33H34FN5O4/c34-24-12-13-26(23(17-24)19-30(40)41)35-32(42)22-11-14-29(38-15-4-1-5-16-38)27(18-22)36-33(43)31-25-9-2-3-10-28(25)39(37-31)20-21-7-6-8-21/h2-3,9-14,17-18,21H,1,4-8,15-16,19-20H2,(H,35,42)(H,36,43)(H,40,41). The van der Waals surface area contributed by atoms with E-state index >= 15 is 0 Å². The molecule has 1 saturated carbocycles. The number of amides is 2. The molecule has 3 aromatic carbocycles. The van der Waals surface area contributed by atoms with Crippen LogP contribution in [0, 0.1) is 11.7 Å². The van der Waals surface area contributed by atoms with Crippen LogP contribution in [0.25, 0.3) is 10.9 Å². The summed E-state index contributed by atoms with van der Waals surface area (Å²) >= 11 is 0. The number of carboxylic acids is 1. The van der Waals surface area contributed by atoms with Crippen LogP contribution in [0.15, 0.2) is 60.7 Å². The minimum Gasteiger partial charge on any atom is -0.481 e. The van der Waals surface area contributed by atoms with Crippen molar-refractivity contribution in [2.24, 2.45) is 5.92 Å². The molecule has 10 heteroatoms. The number of anilines is 3. The molecule has 9 nitrogen and oxygen atoms in total. The highest BCUT2D eigenvalue weighted by molar-refractivity contribution is 6.13. The van der Waals surface area contributed by atoms with Crippen LogP contribution in [0.4, 0.5) is 21.5 Å². The van der Waals surface area contributed by atoms with Gasteiger partial charge in [0.2, 0.25) is 0 Å². The van der Waals surface area contributed by atoms with Crippen LogP contribution < -0.4 is 15.5 Å². The molecule has 0 spiro atoms. The monoisotopic (exact) mass is 583 g/mol. The molecular weight excluding hydrogens is 549 g/mol. The second-order valence-corrected chi connectivity index (χ2v) is 11.4. The molecule has 0 bridgehead atoms. The summed E-state index contributed by atoms with van der Waals surface area (Å²) < 4.78 is 15.8. The second-order valence-electron chi connectivity index (χ2n) is 11.4. The maximum absolute atomic E-state index is 13.8. The Morgan fingerprint density at radius 3 is 2.40 bits per heavy atom. The second kappa shape index (κ2) is 12.2. The molecule has 2 amide bonds. The van der Waals surface area contributed by atoms with E-state index in [1.807, 2.05) is 35.0 Å². The number of carbonyl (C=O) groups excluding carboxylic acids is 2. The number of aliphatic carboxylic acids is 1. The van der Waals surface area contributed by atoms with Crippen molar-refractivity contribution in [2.75, 3.05) is 28.6 Å². The molecule has 1 saturated heterocycles. The van der Waals surface area contributed by atoms with Gasteiger partial charge in [-0.05, 0) is 86.1 Å². The van der Waals surface area contributed by atoms with Crippen LogP contribution >= 0.6 is 0 Å². The molecular formula is C33H34FN5O4. The van der Waals surface area contributed by atoms with E-state index in [2.05, 4.69) is 15.5 Å². The first kappa shape index (κ1) is 28.4. The third-order valence-electron chi connectivity index (χ3n) is 8.39. The first-order valence-corrected chi connectivity index (χ1v) is 14.8. The Balaban J connectivity index is 1.31. The Kier molecular flexibility index (Phi) is 8.09. The fourth-order valence-electron chi connectivity index (χ4n) is 5.91. The smallest absolute Gasteiger partial charge is 0.307 e. The van der Waals surface area contributed by atoms with Crippen molar-refractivity contribution < 1.29 is 23.9 Å². The normalized spacial score (nSPS) is 15.2. The van der Waals surface area contributed by atoms with E-state index in [4.69, 9.17) is 5.10 Å². The Morgan fingerprint density at radius 2 is 1.65 bits per heavy atom. The highest BCUT2D eigenvalue weighted by Gasteiger charge is 2.24. The zero-order valence-electron chi connectivity index (χ0n) is 23.8. The molecule has 0 radical (unpaired) electrons. The summed E-state index contributed by atoms with van der Waals surface area (Å²) in [6, 6.07) is 16.5. The van der Waals surface area contributed by atoms with E-state index in [0.29, 0.717) is 17.3 Å². The summed E-state index contributed by atoms with van der Waals surface area (Å²) in [5, 5.41) is 20.5. The largest absolute Gasteiger partial charge is 0.481 e. The minimum absolute atomic E-state index is 0.156. The number of hydrogen-bond donors (Lipinski definition) is 3. The lowest BCUT2D eigenvalue weighted by atomic mass is 9.85. The van der Waals surface area contributed by atoms with E-state index in [0.717, 1.165) is 61.6 Å². The van der Waals surface area contributed by atoms with Crippen molar-refractivity contribution in [3.05, 3.63) is 83.3 Å². The van der Waals surface area contributed by atoms with E-state index in [1.165, 1.54) is 31.4 Å². The van der Waals surface area contributed by atoms with Gasteiger partial charge in [-0.1, -0.05) is 24.6 Å². The van der Waals surface area contributed by atoms with Crippen LogP contribution in [0.5, 0.6) is 0 Å². The van der Waals surface area contributed by atoms with Gasteiger partial charge in [-0.25, -0.2) is 4.39 Å². The number of carbonyl (C=O) groups is 3. The Labute approximate surface area is 248 Å². The van der Waals surface area contributed by atoms with E-state index in [-0.39, 0.29) is 22.7 Å². The fourth-order valence-corrected chi connectivity index (χ4v) is 5.91. The van der Waals surface area contributed by atoms with E-state index < -0.39 is 24.1 Å². The molecule has 2 fully saturated rings. The van der Waals surface area contributed by atoms with Gasteiger partial charge < -0.3 is 20.6 Å². The third kappa shape index (κ3) is 6.23. The molecule has 4 aromatic rings. The number of piperidine rings is 1. The number of nitrogens with zero attached hydrogens (tertiary/aromatic N) is 3. The van der Waals surface area contributed by atoms with Crippen LogP contribution in [0.1, 0.15) is 64.9 Å². The molecule has 2 heterocycles. The number of halogens is 1. The van der Waals surface area contributed by atoms with Gasteiger partial charge in [-0.3, -0.25) is 19.1 Å². The van der Waals surface area contributed by atoms with Crippen LogP contribution in [-0.4, -0.2) is 45.8 Å². The maximum Gasteiger partial charge on any atom is 0.307 e. The number of rotatable bonds is 9. The zero-order valence-corrected chi connectivity index (χ0v) is 23.8. The average Bonchev–Trinajstić information content (AvgIpc) is 3.35. The predicted octanol–water partition coefficient (Wildman–Crippen LogP) is 6.10. The van der Waals surface area contributed by atoms with Crippen molar-refractivity contribution in [1.29, 1.82) is 0 Å². The van der Waals surface area contributed by atoms with Crippen LogP contribution in [0.3, 0.4) is 0 Å². The summed E-state index contributed by atoms with van der Waals surface area (Å²) in [4.78, 5) is 40.7. The first-order valence-electron chi connectivity index (χ1n) is 14.8. The SMILES string of the molecule is O=C(O)Cc1cc(F)ccc1NC(=O)c1ccc(N2CCCCC2)c(NC(=O)c2nn(CC3CCC3)c3ccccc23)c1. The quantitative estimate of drug-likeness (QED) is 0.219. The Hall–Kier alpha value is -4.73. The van der Waals surface area contributed by atoms with E-state index in [9.17, 15) is 23.9 Å². The summed E-state index contributed by atoms with van der Waals surface area (Å²) in [6.07, 6.45) is 6.32. The van der Waals surface area contributed by atoms with Gasteiger partial charge in [0.05, 0.1) is 23.3 Å². The molecule has 222 valence electrons. The molecule has 0 atom stereocenters. The molecule has 43 heavy (non-hydrogen) atoms. The van der Waals surface area contributed by atoms with Gasteiger partial charge in [-0.15, -0.1) is 0 Å². The predicted molar refractivity (Wildman–Crippen MR) is 163 cm³/mol. The molecule has 2 aliphatic rings. The zero-order chi connectivity index (χ0) is 29.9. The molecule has 1 aliphatic carbocycles. The van der Waals surface area contributed by atoms with Crippen molar-refractivity contribution in [1.82, 2.24) is 9.78 Å². The van der Waals surface area contributed by atoms with Crippen LogP contribution in [-0.2, 0) is 17.8 Å². The average molecular weight is 584 g/mol. The summed E-state index contributed by atoms with van der Waals surface area (Å²) in [7, 11) is 0. The lowest BCUT2D eigenvalue weighted by Crippen LogP contribution is -2.30. The van der Waals surface area contributed by atoms with Gasteiger partial charge in [0.25, 0.3) is 11.8 Å². The highest BCUT2D eigenvalue weighted by Crippen LogP contribution is 2.33. The van der Waals surface area contributed by atoms with Gasteiger partial charge in [0.15, 0.2) is 5.69 Å². The lowest BCUT2D eigenvalue weighted by molar-refractivity contribution is -0.136. The number of para-hydroxylation sites is 1. The molecule has 3 N–H and O–H groups in total. The van der Waals surface area contributed by atoms with Crippen molar-refractivity contribution in [3.8, 4) is 0 Å². The van der Waals surface area contributed by atoms with Crippen molar-refractivity contribution >= 4 is 45.7 Å². The lowest BCUT2D eigenvalue weighted by Gasteiger charge is -2.30. The first-order chi connectivity index (χ1) is 20.9. The van der Waals surface area contributed by atoms with Gasteiger partial charge in [0, 0.05) is 36.3 Å². The van der Waals surface area contributed by atoms with E-state index in [1.54, 1.807) is 12.1 Å². The number of fused-ring (bicyclic) bond motifs is 1. The maximum atomic E-state index is 13.8. The molecule has 6 rings (SSSR count). The van der Waals surface area contributed by atoms with Crippen molar-refractivity contribution in [3.63, 3.8) is 0 Å².